The minimum atomic E-state index is -0.640. The van der Waals surface area contributed by atoms with Crippen LogP contribution in [-0.4, -0.2) is 15.0 Å². The molecule has 4 aromatic rings. The van der Waals surface area contributed by atoms with Crippen LogP contribution in [0.1, 0.15) is 10.4 Å². The van der Waals surface area contributed by atoms with Gasteiger partial charge >= 0.3 is 5.69 Å². The number of aryl methyl sites for hydroxylation is 2. The van der Waals surface area contributed by atoms with E-state index in [4.69, 9.17) is 34.8 Å². The molecule has 0 unspecified atom stereocenters. The highest BCUT2D eigenvalue weighted by molar-refractivity contribution is 7.18. The number of nitrogens with zero attached hydrogens (tertiary/aromatic N) is 2. The summed E-state index contributed by atoms with van der Waals surface area (Å²) < 4.78 is 2.32. The summed E-state index contributed by atoms with van der Waals surface area (Å²) in [7, 11) is 0. The first-order valence-corrected chi connectivity index (χ1v) is 11.4. The number of thiophene rings is 1. The lowest BCUT2D eigenvalue weighted by atomic mass is 10.2. The largest absolute Gasteiger partial charge is 0.337 e. The summed E-state index contributed by atoms with van der Waals surface area (Å²) in [4.78, 5) is 40.9. The van der Waals surface area contributed by atoms with Gasteiger partial charge in [-0.1, -0.05) is 46.9 Å². The molecule has 1 N–H and O–H groups in total. The number of hydrogen-bond donors (Lipinski definition) is 1. The maximum Gasteiger partial charge on any atom is 0.337 e. The average Bonchev–Trinajstić information content (AvgIpc) is 3.03. The summed E-state index contributed by atoms with van der Waals surface area (Å²) in [6, 6.07) is 11.3. The van der Waals surface area contributed by atoms with Gasteiger partial charge in [-0.25, -0.2) is 9.36 Å². The second-order valence-electron chi connectivity index (χ2n) is 7.10. The first-order chi connectivity index (χ1) is 15.2. The lowest BCUT2D eigenvalue weighted by Gasteiger charge is -2.13. The summed E-state index contributed by atoms with van der Waals surface area (Å²) in [5.74, 6) is -0.488. The Bertz CT molecular complexity index is 1500. The number of fused-ring (bicyclic) bond motifs is 1. The van der Waals surface area contributed by atoms with Gasteiger partial charge in [0, 0.05) is 9.90 Å². The number of benzene rings is 2. The molecule has 0 spiro atoms. The van der Waals surface area contributed by atoms with Crippen molar-refractivity contribution in [2.24, 2.45) is 0 Å². The third-order valence-corrected chi connectivity index (χ3v) is 7.33. The SMILES string of the molecule is Cc1sc2c(c1C)c(=O)n(-c1cccc(Cl)c1)c(=O)n2CC(=O)Nc1cccc(Cl)c1Cl. The Labute approximate surface area is 201 Å². The van der Waals surface area contributed by atoms with Gasteiger partial charge in [0.15, 0.2) is 0 Å². The minimum Gasteiger partial charge on any atom is -0.323 e. The number of carbonyl (C=O) groups excluding carboxylic acids is 1. The zero-order valence-electron chi connectivity index (χ0n) is 16.9. The van der Waals surface area contributed by atoms with E-state index >= 15 is 0 Å². The van der Waals surface area contributed by atoms with Crippen LogP contribution in [0.5, 0.6) is 0 Å². The van der Waals surface area contributed by atoms with Gasteiger partial charge in [-0.05, 0) is 49.7 Å². The Morgan fingerprint density at radius 3 is 2.50 bits per heavy atom. The highest BCUT2D eigenvalue weighted by Gasteiger charge is 2.21. The molecular weight excluding hydrogens is 493 g/mol. The zero-order valence-corrected chi connectivity index (χ0v) is 20.0. The smallest absolute Gasteiger partial charge is 0.323 e. The maximum atomic E-state index is 13.4. The van der Waals surface area contributed by atoms with E-state index < -0.39 is 17.2 Å². The third kappa shape index (κ3) is 3.97. The summed E-state index contributed by atoms with van der Waals surface area (Å²) in [5.41, 5.74) is 0.319. The maximum absolute atomic E-state index is 13.4. The van der Waals surface area contributed by atoms with Crippen LogP contribution in [-0.2, 0) is 11.3 Å². The quantitative estimate of drug-likeness (QED) is 0.399. The summed E-state index contributed by atoms with van der Waals surface area (Å²) in [6.07, 6.45) is 0. The highest BCUT2D eigenvalue weighted by Crippen LogP contribution is 2.30. The summed E-state index contributed by atoms with van der Waals surface area (Å²) in [5, 5.41) is 3.94. The van der Waals surface area contributed by atoms with Gasteiger partial charge in [-0.15, -0.1) is 11.3 Å². The van der Waals surface area contributed by atoms with Crippen LogP contribution in [0.2, 0.25) is 15.1 Å². The molecule has 2 aromatic carbocycles. The summed E-state index contributed by atoms with van der Waals surface area (Å²) >= 11 is 19.6. The van der Waals surface area contributed by atoms with E-state index in [0.29, 0.717) is 31.6 Å². The third-order valence-electron chi connectivity index (χ3n) is 5.04. The van der Waals surface area contributed by atoms with Crippen LogP contribution >= 0.6 is 46.1 Å². The molecular formula is C22H16Cl3N3O3S. The molecule has 0 saturated carbocycles. The normalized spacial score (nSPS) is 11.2. The van der Waals surface area contributed by atoms with Crippen LogP contribution in [0, 0.1) is 13.8 Å². The number of nitrogens with one attached hydrogen (secondary N) is 1. The van der Waals surface area contributed by atoms with Gasteiger partial charge < -0.3 is 5.32 Å². The van der Waals surface area contributed by atoms with Gasteiger partial charge in [0.2, 0.25) is 5.91 Å². The Kier molecular flexibility index (Phi) is 6.18. The first-order valence-electron chi connectivity index (χ1n) is 9.44. The summed E-state index contributed by atoms with van der Waals surface area (Å²) in [6.45, 7) is 3.36. The molecule has 2 aromatic heterocycles. The van der Waals surface area contributed by atoms with Crippen molar-refractivity contribution < 1.29 is 4.79 Å². The average molecular weight is 509 g/mol. The molecule has 0 atom stereocenters. The second-order valence-corrected chi connectivity index (χ2v) is 9.53. The van der Waals surface area contributed by atoms with Gasteiger partial charge in [-0.3, -0.25) is 14.2 Å². The molecule has 0 bridgehead atoms. The van der Waals surface area contributed by atoms with Crippen molar-refractivity contribution in [2.45, 2.75) is 20.4 Å². The number of hydrogen-bond acceptors (Lipinski definition) is 4. The zero-order chi connectivity index (χ0) is 23.2. The Hall–Kier alpha value is -2.58. The van der Waals surface area contributed by atoms with Gasteiger partial charge in [-0.2, -0.15) is 0 Å². The molecule has 0 aliphatic heterocycles. The van der Waals surface area contributed by atoms with Crippen LogP contribution < -0.4 is 16.6 Å². The number of carbonyl (C=O) groups is 1. The van der Waals surface area contributed by atoms with Crippen LogP contribution in [0.3, 0.4) is 0 Å². The van der Waals surface area contributed by atoms with Gasteiger partial charge in [0.1, 0.15) is 11.4 Å². The van der Waals surface area contributed by atoms with Crippen molar-refractivity contribution in [3.63, 3.8) is 0 Å². The standard InChI is InChI=1S/C22H16Cl3N3O3S/c1-11-12(2)32-21-18(11)20(30)28(14-6-3-5-13(23)9-14)22(31)27(21)10-17(29)26-16-8-4-7-15(24)19(16)25/h3-9H,10H2,1-2H3,(H,26,29). The number of anilines is 1. The van der Waals surface area contributed by atoms with Crippen LogP contribution in [0.25, 0.3) is 15.9 Å². The molecule has 32 heavy (non-hydrogen) atoms. The van der Waals surface area contributed by atoms with Crippen molar-refractivity contribution >= 4 is 68.0 Å². The minimum absolute atomic E-state index is 0.201. The molecule has 2 heterocycles. The Balaban J connectivity index is 1.88. The van der Waals surface area contributed by atoms with E-state index in [-0.39, 0.29) is 11.6 Å². The van der Waals surface area contributed by atoms with Crippen molar-refractivity contribution in [3.8, 4) is 5.69 Å². The highest BCUT2D eigenvalue weighted by atomic mass is 35.5. The fraction of sp³-hybridized carbons (Fsp3) is 0.136. The van der Waals surface area contributed by atoms with Gasteiger partial charge in [0.05, 0.1) is 26.8 Å². The number of rotatable bonds is 4. The van der Waals surface area contributed by atoms with E-state index in [1.807, 2.05) is 13.8 Å². The lowest BCUT2D eigenvalue weighted by molar-refractivity contribution is -0.116. The van der Waals surface area contributed by atoms with Crippen molar-refractivity contribution in [1.29, 1.82) is 0 Å². The topological polar surface area (TPSA) is 73.1 Å². The molecule has 164 valence electrons. The first kappa shape index (κ1) is 22.6. The number of halogens is 3. The Morgan fingerprint density at radius 2 is 1.78 bits per heavy atom. The van der Waals surface area contributed by atoms with Crippen molar-refractivity contribution in [3.05, 3.63) is 88.8 Å². The number of amides is 1. The van der Waals surface area contributed by atoms with E-state index in [0.717, 1.165) is 15.0 Å². The van der Waals surface area contributed by atoms with E-state index in [1.165, 1.54) is 22.0 Å². The Morgan fingerprint density at radius 1 is 1.06 bits per heavy atom. The fourth-order valence-electron chi connectivity index (χ4n) is 3.37. The second kappa shape index (κ2) is 8.75. The predicted molar refractivity (Wildman–Crippen MR) is 131 cm³/mol. The van der Waals surface area contributed by atoms with E-state index in [1.54, 1.807) is 36.4 Å². The molecule has 0 aliphatic carbocycles. The van der Waals surface area contributed by atoms with E-state index in [9.17, 15) is 14.4 Å². The van der Waals surface area contributed by atoms with Crippen molar-refractivity contribution in [2.75, 3.05) is 5.32 Å². The molecule has 0 fully saturated rings. The molecule has 1 amide bonds. The van der Waals surface area contributed by atoms with Crippen LogP contribution in [0.15, 0.2) is 52.1 Å². The molecule has 4 rings (SSSR count). The van der Waals surface area contributed by atoms with Crippen LogP contribution in [0.4, 0.5) is 5.69 Å². The van der Waals surface area contributed by atoms with Crippen molar-refractivity contribution in [1.82, 2.24) is 9.13 Å². The van der Waals surface area contributed by atoms with Gasteiger partial charge in [0.25, 0.3) is 5.56 Å². The molecule has 6 nitrogen and oxygen atoms in total. The van der Waals surface area contributed by atoms with E-state index in [2.05, 4.69) is 5.32 Å². The molecule has 10 heteroatoms. The molecule has 0 radical (unpaired) electrons. The predicted octanol–water partition coefficient (Wildman–Crippen LogP) is 5.43. The monoisotopic (exact) mass is 507 g/mol. The molecule has 0 aliphatic rings. The molecule has 0 saturated heterocycles. The fourth-order valence-corrected chi connectivity index (χ4v) is 5.05. The number of aromatic nitrogens is 2. The lowest BCUT2D eigenvalue weighted by Crippen LogP contribution is -2.40.